The SMILES string of the molecule is CN(C)S(=O)(=O)c1ccc(CN=C2CN=C(Nc3cc(Cl)cc(Cl)c3)N2)cc1. The van der Waals surface area contributed by atoms with Gasteiger partial charge >= 0.3 is 0 Å². The van der Waals surface area contributed by atoms with E-state index in [1.165, 1.54) is 18.4 Å². The van der Waals surface area contributed by atoms with Crippen molar-refractivity contribution < 1.29 is 8.42 Å². The zero-order chi connectivity index (χ0) is 20.3. The average Bonchev–Trinajstić information content (AvgIpc) is 3.06. The molecule has 0 aromatic heterocycles. The summed E-state index contributed by atoms with van der Waals surface area (Å²) in [4.78, 5) is 9.08. The van der Waals surface area contributed by atoms with E-state index in [0.717, 1.165) is 11.3 Å². The molecule has 3 rings (SSSR count). The van der Waals surface area contributed by atoms with Crippen LogP contribution in [0, 0.1) is 0 Å². The topological polar surface area (TPSA) is 86.2 Å². The van der Waals surface area contributed by atoms with Crippen LogP contribution in [0.3, 0.4) is 0 Å². The second-order valence-corrected chi connectivity index (χ2v) is 9.29. The molecular formula is C18H19Cl2N5O2S. The maximum atomic E-state index is 12.1. The Bertz CT molecular complexity index is 1010. The quantitative estimate of drug-likeness (QED) is 0.748. The Kier molecular flexibility index (Phi) is 6.24. The highest BCUT2D eigenvalue weighted by Crippen LogP contribution is 2.22. The summed E-state index contributed by atoms with van der Waals surface area (Å²) in [7, 11) is -0.420. The van der Waals surface area contributed by atoms with Crippen LogP contribution in [0.2, 0.25) is 10.0 Å². The van der Waals surface area contributed by atoms with E-state index >= 15 is 0 Å². The molecule has 28 heavy (non-hydrogen) atoms. The molecule has 1 aliphatic heterocycles. The largest absolute Gasteiger partial charge is 0.326 e. The number of anilines is 1. The molecule has 0 bridgehead atoms. The number of hydrogen-bond acceptors (Lipinski definition) is 5. The number of guanidine groups is 1. The van der Waals surface area contributed by atoms with E-state index in [1.807, 2.05) is 0 Å². The summed E-state index contributed by atoms with van der Waals surface area (Å²) in [5.74, 6) is 1.27. The molecule has 1 heterocycles. The van der Waals surface area contributed by atoms with Gasteiger partial charge in [-0.3, -0.25) is 4.99 Å². The second kappa shape index (κ2) is 8.48. The molecule has 2 N–H and O–H groups in total. The monoisotopic (exact) mass is 439 g/mol. The number of aliphatic imine (C=N–C) groups is 2. The lowest BCUT2D eigenvalue weighted by atomic mass is 10.2. The number of benzene rings is 2. The van der Waals surface area contributed by atoms with Crippen LogP contribution < -0.4 is 10.6 Å². The van der Waals surface area contributed by atoms with Crippen molar-refractivity contribution >= 4 is 50.7 Å². The van der Waals surface area contributed by atoms with Crippen molar-refractivity contribution in [1.29, 1.82) is 0 Å². The molecule has 0 saturated carbocycles. The van der Waals surface area contributed by atoms with Gasteiger partial charge in [0.15, 0.2) is 0 Å². The molecular weight excluding hydrogens is 421 g/mol. The van der Waals surface area contributed by atoms with E-state index in [0.29, 0.717) is 34.9 Å². The summed E-state index contributed by atoms with van der Waals surface area (Å²) in [6, 6.07) is 11.8. The van der Waals surface area contributed by atoms with E-state index < -0.39 is 10.0 Å². The summed E-state index contributed by atoms with van der Waals surface area (Å²) in [6.45, 7) is 0.833. The first kappa shape index (κ1) is 20.6. The standard InChI is InChI=1S/C18H19Cl2N5O2S/c1-25(2)28(26,27)16-5-3-12(4-6-16)10-21-17-11-22-18(24-17)23-15-8-13(19)7-14(20)9-15/h3-9H,10-11H2,1-2H3,(H2,21,22,23,24). The predicted molar refractivity (Wildman–Crippen MR) is 114 cm³/mol. The molecule has 7 nitrogen and oxygen atoms in total. The Morgan fingerprint density at radius 2 is 1.79 bits per heavy atom. The molecule has 0 fully saturated rings. The summed E-state index contributed by atoms with van der Waals surface area (Å²) >= 11 is 12.0. The number of hydrogen-bond donors (Lipinski definition) is 2. The Balaban J connectivity index is 1.59. The van der Waals surface area contributed by atoms with Crippen molar-refractivity contribution in [2.24, 2.45) is 9.98 Å². The molecule has 2 aromatic carbocycles. The van der Waals surface area contributed by atoms with Gasteiger partial charge in [-0.05, 0) is 35.9 Å². The Morgan fingerprint density at radius 3 is 2.39 bits per heavy atom. The van der Waals surface area contributed by atoms with Crippen molar-refractivity contribution in [2.75, 3.05) is 26.0 Å². The molecule has 0 radical (unpaired) electrons. The molecule has 0 atom stereocenters. The third-order valence-corrected chi connectivity index (χ3v) is 6.20. The fourth-order valence-electron chi connectivity index (χ4n) is 2.46. The van der Waals surface area contributed by atoms with Gasteiger partial charge in [-0.1, -0.05) is 35.3 Å². The van der Waals surface area contributed by atoms with Crippen LogP contribution in [0.15, 0.2) is 57.3 Å². The van der Waals surface area contributed by atoms with Gasteiger partial charge in [-0.15, -0.1) is 0 Å². The fourth-order valence-corrected chi connectivity index (χ4v) is 3.88. The molecule has 0 spiro atoms. The van der Waals surface area contributed by atoms with Crippen LogP contribution in [0.1, 0.15) is 5.56 Å². The highest BCUT2D eigenvalue weighted by atomic mass is 35.5. The molecule has 2 aromatic rings. The molecule has 0 aliphatic carbocycles. The highest BCUT2D eigenvalue weighted by Gasteiger charge is 2.16. The normalized spacial score (nSPS) is 15.6. The van der Waals surface area contributed by atoms with E-state index in [9.17, 15) is 8.42 Å². The van der Waals surface area contributed by atoms with Gasteiger partial charge in [0, 0.05) is 29.8 Å². The third-order valence-electron chi connectivity index (χ3n) is 3.93. The molecule has 0 unspecified atom stereocenters. The predicted octanol–water partition coefficient (Wildman–Crippen LogP) is 3.21. The van der Waals surface area contributed by atoms with Gasteiger partial charge in [0.1, 0.15) is 12.4 Å². The second-order valence-electron chi connectivity index (χ2n) is 6.27. The van der Waals surface area contributed by atoms with Crippen LogP contribution in [-0.4, -0.2) is 45.2 Å². The molecule has 148 valence electrons. The summed E-state index contributed by atoms with van der Waals surface area (Å²) in [6.07, 6.45) is 0. The zero-order valence-corrected chi connectivity index (χ0v) is 17.6. The van der Waals surface area contributed by atoms with Crippen LogP contribution >= 0.6 is 23.2 Å². The molecule has 10 heteroatoms. The van der Waals surface area contributed by atoms with Crippen LogP contribution in [0.5, 0.6) is 0 Å². The number of nitrogens with one attached hydrogen (secondary N) is 2. The minimum absolute atomic E-state index is 0.253. The summed E-state index contributed by atoms with van der Waals surface area (Å²) in [5.41, 5.74) is 1.62. The lowest BCUT2D eigenvalue weighted by Gasteiger charge is -2.11. The van der Waals surface area contributed by atoms with Gasteiger partial charge in [-0.25, -0.2) is 17.7 Å². The minimum atomic E-state index is -3.43. The van der Waals surface area contributed by atoms with Crippen LogP contribution in [0.25, 0.3) is 0 Å². The number of halogens is 2. The average molecular weight is 440 g/mol. The first-order chi connectivity index (χ1) is 13.2. The van der Waals surface area contributed by atoms with E-state index in [1.54, 1.807) is 42.5 Å². The number of rotatable bonds is 5. The number of sulfonamides is 1. The zero-order valence-electron chi connectivity index (χ0n) is 15.3. The minimum Gasteiger partial charge on any atom is -0.326 e. The lowest BCUT2D eigenvalue weighted by molar-refractivity contribution is 0.520. The van der Waals surface area contributed by atoms with Crippen LogP contribution in [0.4, 0.5) is 5.69 Å². The van der Waals surface area contributed by atoms with Crippen molar-refractivity contribution in [3.05, 3.63) is 58.1 Å². The summed E-state index contributed by atoms with van der Waals surface area (Å²) < 4.78 is 25.4. The van der Waals surface area contributed by atoms with E-state index in [2.05, 4.69) is 20.6 Å². The van der Waals surface area contributed by atoms with Gasteiger partial charge in [0.2, 0.25) is 16.0 Å². The summed E-state index contributed by atoms with van der Waals surface area (Å²) in [5, 5.41) is 7.26. The highest BCUT2D eigenvalue weighted by molar-refractivity contribution is 7.89. The van der Waals surface area contributed by atoms with Gasteiger partial charge in [-0.2, -0.15) is 0 Å². The van der Waals surface area contributed by atoms with Crippen molar-refractivity contribution in [3.8, 4) is 0 Å². The number of amidine groups is 1. The van der Waals surface area contributed by atoms with Gasteiger partial charge in [0.05, 0.1) is 11.4 Å². The van der Waals surface area contributed by atoms with Gasteiger partial charge < -0.3 is 10.6 Å². The first-order valence-corrected chi connectivity index (χ1v) is 10.5. The fraction of sp³-hybridized carbons (Fsp3) is 0.222. The maximum Gasteiger partial charge on any atom is 0.242 e. The Hall–Kier alpha value is -2.13. The lowest BCUT2D eigenvalue weighted by Crippen LogP contribution is -2.30. The third kappa shape index (κ3) is 5.02. The molecule has 1 aliphatic rings. The van der Waals surface area contributed by atoms with Crippen LogP contribution in [-0.2, 0) is 16.6 Å². The van der Waals surface area contributed by atoms with Crippen molar-refractivity contribution in [1.82, 2.24) is 9.62 Å². The first-order valence-electron chi connectivity index (χ1n) is 8.33. The Morgan fingerprint density at radius 1 is 1.14 bits per heavy atom. The number of nitrogens with zero attached hydrogens (tertiary/aromatic N) is 3. The smallest absolute Gasteiger partial charge is 0.242 e. The maximum absolute atomic E-state index is 12.1. The van der Waals surface area contributed by atoms with Crippen molar-refractivity contribution in [3.63, 3.8) is 0 Å². The Labute approximate surface area is 174 Å². The van der Waals surface area contributed by atoms with E-state index in [-0.39, 0.29) is 4.90 Å². The molecule has 0 saturated heterocycles. The molecule has 0 amide bonds. The van der Waals surface area contributed by atoms with Gasteiger partial charge in [0.25, 0.3) is 0 Å². The van der Waals surface area contributed by atoms with Crippen molar-refractivity contribution in [2.45, 2.75) is 11.4 Å². The van der Waals surface area contributed by atoms with E-state index in [4.69, 9.17) is 23.2 Å².